The maximum Gasteiger partial charge on any atom is 0.419 e. The number of benzene rings is 1. The average Bonchev–Trinajstić information content (AvgIpc) is 2.59. The summed E-state index contributed by atoms with van der Waals surface area (Å²) in [5.41, 5.74) is -1.37. The van der Waals surface area contributed by atoms with Crippen molar-refractivity contribution in [2.24, 2.45) is 0 Å². The number of rotatable bonds is 1. The molecule has 4 nitrogen and oxygen atoms in total. The van der Waals surface area contributed by atoms with Crippen molar-refractivity contribution in [1.82, 2.24) is 14.9 Å². The molecule has 0 saturated carbocycles. The van der Waals surface area contributed by atoms with Gasteiger partial charge in [-0.25, -0.2) is 14.2 Å². The molecule has 3 N–H and O–H groups in total. The Morgan fingerprint density at radius 3 is 2.50 bits per heavy atom. The number of hydrogen-bond donors (Lipinski definition) is 2. The SMILES string of the molecule is Nn1c(-c2ccc(F)c(C(F)(F)F)c2)n[nH]c1=S. The lowest BCUT2D eigenvalue weighted by molar-refractivity contribution is -0.139. The number of aromatic nitrogens is 3. The molecular weight excluding hydrogens is 272 g/mol. The quantitative estimate of drug-likeness (QED) is 0.478. The Bertz CT molecular complexity index is 643. The lowest BCUT2D eigenvalue weighted by atomic mass is 10.1. The Kier molecular flexibility index (Phi) is 2.85. The monoisotopic (exact) mass is 278 g/mol. The zero-order valence-electron chi connectivity index (χ0n) is 8.62. The van der Waals surface area contributed by atoms with Gasteiger partial charge in [-0.2, -0.15) is 18.3 Å². The maximum atomic E-state index is 13.1. The molecule has 0 aliphatic heterocycles. The van der Waals surface area contributed by atoms with Crippen LogP contribution in [-0.2, 0) is 6.18 Å². The molecule has 0 fully saturated rings. The highest BCUT2D eigenvalue weighted by Crippen LogP contribution is 2.33. The standard InChI is InChI=1S/C9H6F4N4S/c10-6-2-1-4(3-5(6)9(11,12)13)7-15-16-8(18)17(7)14/h1-3H,14H2,(H,16,18). The third-order valence-corrected chi connectivity index (χ3v) is 2.52. The van der Waals surface area contributed by atoms with E-state index >= 15 is 0 Å². The highest BCUT2D eigenvalue weighted by Gasteiger charge is 2.34. The predicted molar refractivity (Wildman–Crippen MR) is 58.0 cm³/mol. The molecule has 0 aliphatic carbocycles. The second kappa shape index (κ2) is 4.09. The maximum absolute atomic E-state index is 13.1. The van der Waals surface area contributed by atoms with E-state index < -0.39 is 17.6 Å². The first-order chi connectivity index (χ1) is 8.30. The molecule has 1 heterocycles. The van der Waals surface area contributed by atoms with Gasteiger partial charge < -0.3 is 5.84 Å². The van der Waals surface area contributed by atoms with E-state index in [9.17, 15) is 17.6 Å². The van der Waals surface area contributed by atoms with Crippen molar-refractivity contribution < 1.29 is 17.6 Å². The average molecular weight is 278 g/mol. The summed E-state index contributed by atoms with van der Waals surface area (Å²) in [6, 6.07) is 2.47. The summed E-state index contributed by atoms with van der Waals surface area (Å²) in [6.07, 6.45) is -4.79. The molecule has 2 aromatic rings. The predicted octanol–water partition coefficient (Wildman–Crippen LogP) is 2.48. The number of halogens is 4. The zero-order valence-corrected chi connectivity index (χ0v) is 9.44. The minimum atomic E-state index is -4.79. The van der Waals surface area contributed by atoms with Crippen LogP contribution < -0.4 is 5.84 Å². The van der Waals surface area contributed by atoms with Crippen molar-refractivity contribution in [2.75, 3.05) is 5.84 Å². The number of hydrogen-bond acceptors (Lipinski definition) is 3. The summed E-state index contributed by atoms with van der Waals surface area (Å²) in [6.45, 7) is 0. The van der Waals surface area contributed by atoms with E-state index in [1.165, 1.54) is 0 Å². The van der Waals surface area contributed by atoms with E-state index in [1.54, 1.807) is 0 Å². The van der Waals surface area contributed by atoms with Crippen LogP contribution >= 0.6 is 12.2 Å². The smallest absolute Gasteiger partial charge is 0.335 e. The van der Waals surface area contributed by atoms with Crippen LogP contribution in [0.25, 0.3) is 11.4 Å². The summed E-state index contributed by atoms with van der Waals surface area (Å²) < 4.78 is 51.6. The second-order valence-electron chi connectivity index (χ2n) is 3.41. The minimum Gasteiger partial charge on any atom is -0.335 e. The topological polar surface area (TPSA) is 59.6 Å². The molecule has 0 amide bonds. The molecule has 0 aliphatic rings. The Hall–Kier alpha value is -1.90. The van der Waals surface area contributed by atoms with Crippen molar-refractivity contribution in [3.63, 3.8) is 0 Å². The summed E-state index contributed by atoms with van der Waals surface area (Å²) in [5, 5.41) is 5.99. The van der Waals surface area contributed by atoms with Gasteiger partial charge in [0.2, 0.25) is 4.77 Å². The molecular formula is C9H6F4N4S. The van der Waals surface area contributed by atoms with Gasteiger partial charge in [0.05, 0.1) is 5.56 Å². The molecule has 0 bridgehead atoms. The van der Waals surface area contributed by atoms with Gasteiger partial charge in [0.15, 0.2) is 5.82 Å². The molecule has 2 rings (SSSR count). The Morgan fingerprint density at radius 2 is 2.00 bits per heavy atom. The van der Waals surface area contributed by atoms with Gasteiger partial charge in [-0.3, -0.25) is 0 Å². The lowest BCUT2D eigenvalue weighted by Gasteiger charge is -2.09. The number of aromatic amines is 1. The molecule has 9 heteroatoms. The fourth-order valence-corrected chi connectivity index (χ4v) is 1.52. The van der Waals surface area contributed by atoms with Crippen LogP contribution in [0.2, 0.25) is 0 Å². The van der Waals surface area contributed by atoms with Gasteiger partial charge in [0.1, 0.15) is 5.82 Å². The fourth-order valence-electron chi connectivity index (χ4n) is 1.39. The van der Waals surface area contributed by atoms with Crippen molar-refractivity contribution in [3.8, 4) is 11.4 Å². The van der Waals surface area contributed by atoms with E-state index in [0.29, 0.717) is 12.1 Å². The molecule has 0 atom stereocenters. The van der Waals surface area contributed by atoms with Crippen LogP contribution in [0, 0.1) is 10.6 Å². The fraction of sp³-hybridized carbons (Fsp3) is 0.111. The van der Waals surface area contributed by atoms with Gasteiger partial charge in [0.25, 0.3) is 0 Å². The van der Waals surface area contributed by atoms with Gasteiger partial charge in [-0.1, -0.05) is 0 Å². The molecule has 0 unspecified atom stereocenters. The third-order valence-electron chi connectivity index (χ3n) is 2.23. The van der Waals surface area contributed by atoms with Crippen LogP contribution in [0.4, 0.5) is 17.6 Å². The van der Waals surface area contributed by atoms with Gasteiger partial charge in [-0.15, -0.1) is 0 Å². The van der Waals surface area contributed by atoms with Crippen LogP contribution in [-0.4, -0.2) is 14.9 Å². The van der Waals surface area contributed by atoms with E-state index in [0.717, 1.165) is 10.7 Å². The second-order valence-corrected chi connectivity index (χ2v) is 3.80. The van der Waals surface area contributed by atoms with Crippen LogP contribution in [0.15, 0.2) is 18.2 Å². The van der Waals surface area contributed by atoms with Crippen LogP contribution in [0.5, 0.6) is 0 Å². The summed E-state index contributed by atoms with van der Waals surface area (Å²) in [7, 11) is 0. The zero-order chi connectivity index (χ0) is 13.5. The first kappa shape index (κ1) is 12.6. The van der Waals surface area contributed by atoms with Gasteiger partial charge in [0, 0.05) is 5.56 Å². The summed E-state index contributed by atoms with van der Waals surface area (Å²) in [5.74, 6) is 4.11. The molecule has 0 radical (unpaired) electrons. The van der Waals surface area contributed by atoms with E-state index in [1.807, 2.05) is 0 Å². The normalized spacial score (nSPS) is 11.8. The summed E-state index contributed by atoms with van der Waals surface area (Å²) >= 11 is 4.73. The molecule has 1 aromatic carbocycles. The van der Waals surface area contributed by atoms with E-state index in [4.69, 9.17) is 18.1 Å². The molecule has 18 heavy (non-hydrogen) atoms. The van der Waals surface area contributed by atoms with E-state index in [-0.39, 0.29) is 16.2 Å². The van der Waals surface area contributed by atoms with Crippen LogP contribution in [0.1, 0.15) is 5.56 Å². The number of H-pyrrole nitrogens is 1. The van der Waals surface area contributed by atoms with Crippen molar-refractivity contribution in [2.45, 2.75) is 6.18 Å². The third kappa shape index (κ3) is 2.08. The number of nitrogen functional groups attached to an aromatic ring is 1. The highest BCUT2D eigenvalue weighted by molar-refractivity contribution is 7.71. The van der Waals surface area contributed by atoms with Crippen molar-refractivity contribution in [1.29, 1.82) is 0 Å². The number of nitrogens with two attached hydrogens (primary N) is 1. The Balaban J connectivity index is 2.61. The van der Waals surface area contributed by atoms with Crippen molar-refractivity contribution >= 4 is 12.2 Å². The molecule has 0 spiro atoms. The number of nitrogens with zero attached hydrogens (tertiary/aromatic N) is 2. The Labute approximate surface area is 103 Å². The summed E-state index contributed by atoms with van der Waals surface area (Å²) in [4.78, 5) is 0. The number of alkyl halides is 3. The number of nitrogens with one attached hydrogen (secondary N) is 1. The molecule has 96 valence electrons. The minimum absolute atomic E-state index is 0.00880. The lowest BCUT2D eigenvalue weighted by Crippen LogP contribution is -2.12. The first-order valence-electron chi connectivity index (χ1n) is 4.60. The van der Waals surface area contributed by atoms with E-state index in [2.05, 4.69) is 10.2 Å². The molecule has 0 saturated heterocycles. The van der Waals surface area contributed by atoms with Gasteiger partial charge >= 0.3 is 6.18 Å². The van der Waals surface area contributed by atoms with Gasteiger partial charge in [-0.05, 0) is 30.4 Å². The Morgan fingerprint density at radius 1 is 1.33 bits per heavy atom. The first-order valence-corrected chi connectivity index (χ1v) is 5.01. The van der Waals surface area contributed by atoms with Crippen LogP contribution in [0.3, 0.4) is 0 Å². The highest BCUT2D eigenvalue weighted by atomic mass is 32.1. The van der Waals surface area contributed by atoms with Crippen molar-refractivity contribution in [3.05, 3.63) is 34.4 Å². The largest absolute Gasteiger partial charge is 0.419 e. The molecule has 1 aromatic heterocycles.